The molecule has 0 aromatic carbocycles. The number of hydrogen-bond donors (Lipinski definition) is 0. The number of likely N-dealkylation sites (tertiary alicyclic amines) is 1. The topological polar surface area (TPSA) is 46.1 Å². The van der Waals surface area contributed by atoms with Gasteiger partial charge in [0.25, 0.3) is 0 Å². The zero-order chi connectivity index (χ0) is 12.3. The molecule has 4 heteroatoms. The van der Waals surface area contributed by atoms with E-state index in [-0.39, 0.29) is 17.9 Å². The van der Waals surface area contributed by atoms with Crippen LogP contribution in [0.3, 0.4) is 0 Å². The molecule has 0 unspecified atom stereocenters. The third kappa shape index (κ3) is 2.62. The summed E-state index contributed by atoms with van der Waals surface area (Å²) in [6.45, 7) is 4.74. The first-order chi connectivity index (χ1) is 8.20. The van der Waals surface area contributed by atoms with Crippen molar-refractivity contribution >= 4 is 5.91 Å². The molecular weight excluding hydrogens is 214 g/mol. The molecule has 1 aromatic rings. The fraction of sp³-hybridized carbons (Fsp3) is 0.615. The molecule has 0 bridgehead atoms. The van der Waals surface area contributed by atoms with Gasteiger partial charge in [0.05, 0.1) is 17.9 Å². The van der Waals surface area contributed by atoms with E-state index in [1.54, 1.807) is 18.6 Å². The lowest BCUT2D eigenvalue weighted by Crippen LogP contribution is -2.41. The van der Waals surface area contributed by atoms with E-state index >= 15 is 0 Å². The van der Waals surface area contributed by atoms with Gasteiger partial charge in [-0.25, -0.2) is 0 Å². The molecule has 1 fully saturated rings. The third-order valence-electron chi connectivity index (χ3n) is 3.20. The Bertz CT molecular complexity index is 378. The maximum atomic E-state index is 12.2. The van der Waals surface area contributed by atoms with Gasteiger partial charge in [-0.05, 0) is 19.3 Å². The number of nitrogens with zero attached hydrogens (tertiary/aromatic N) is 3. The Morgan fingerprint density at radius 2 is 2.24 bits per heavy atom. The van der Waals surface area contributed by atoms with Crippen LogP contribution < -0.4 is 0 Å². The van der Waals surface area contributed by atoms with Crippen molar-refractivity contribution in [3.05, 3.63) is 24.3 Å². The molecule has 17 heavy (non-hydrogen) atoms. The minimum Gasteiger partial charge on any atom is -0.334 e. The summed E-state index contributed by atoms with van der Waals surface area (Å²) in [5, 5.41) is 0. The van der Waals surface area contributed by atoms with Crippen molar-refractivity contribution in [3.63, 3.8) is 0 Å². The third-order valence-corrected chi connectivity index (χ3v) is 3.20. The van der Waals surface area contributed by atoms with Gasteiger partial charge in [0.15, 0.2) is 0 Å². The van der Waals surface area contributed by atoms with Crippen molar-refractivity contribution in [1.29, 1.82) is 0 Å². The Labute approximate surface area is 102 Å². The van der Waals surface area contributed by atoms with Gasteiger partial charge in [0.1, 0.15) is 0 Å². The standard InChI is InChI=1S/C13H19N3O/c1-10(2)13(17)16-8-4-3-5-12(16)11-9-14-6-7-15-11/h6-7,9-10,12H,3-5,8H2,1-2H3/t12-/m1/s1. The molecule has 1 aliphatic rings. The number of piperidine rings is 1. The smallest absolute Gasteiger partial charge is 0.225 e. The summed E-state index contributed by atoms with van der Waals surface area (Å²) < 4.78 is 0. The molecule has 1 aromatic heterocycles. The summed E-state index contributed by atoms with van der Waals surface area (Å²) in [4.78, 5) is 22.6. The highest BCUT2D eigenvalue weighted by atomic mass is 16.2. The van der Waals surface area contributed by atoms with Crippen LogP contribution in [0.4, 0.5) is 0 Å². The molecule has 0 aliphatic carbocycles. The fourth-order valence-electron chi connectivity index (χ4n) is 2.32. The molecule has 0 N–H and O–H groups in total. The minimum atomic E-state index is 0.0484. The molecule has 2 heterocycles. The molecule has 1 atom stereocenters. The number of carbonyl (C=O) groups is 1. The van der Waals surface area contributed by atoms with Crippen molar-refractivity contribution in [2.24, 2.45) is 5.92 Å². The molecule has 1 aliphatic heterocycles. The van der Waals surface area contributed by atoms with E-state index < -0.39 is 0 Å². The average molecular weight is 233 g/mol. The molecule has 0 saturated carbocycles. The zero-order valence-corrected chi connectivity index (χ0v) is 10.5. The molecule has 4 nitrogen and oxygen atoms in total. The molecule has 1 saturated heterocycles. The van der Waals surface area contributed by atoms with Crippen molar-refractivity contribution in [2.75, 3.05) is 6.54 Å². The Morgan fingerprint density at radius 1 is 1.41 bits per heavy atom. The Kier molecular flexibility index (Phi) is 3.71. The number of aromatic nitrogens is 2. The van der Waals surface area contributed by atoms with Crippen LogP contribution in [0.1, 0.15) is 44.8 Å². The van der Waals surface area contributed by atoms with Gasteiger partial charge in [-0.2, -0.15) is 0 Å². The molecule has 0 radical (unpaired) electrons. The normalized spacial score (nSPS) is 20.6. The second-order valence-electron chi connectivity index (χ2n) is 4.83. The first kappa shape index (κ1) is 12.0. The van der Waals surface area contributed by atoms with Crippen LogP contribution >= 0.6 is 0 Å². The molecule has 0 spiro atoms. The lowest BCUT2D eigenvalue weighted by molar-refractivity contribution is -0.138. The number of carbonyl (C=O) groups excluding carboxylic acids is 1. The largest absolute Gasteiger partial charge is 0.334 e. The van der Waals surface area contributed by atoms with Crippen LogP contribution in [0.15, 0.2) is 18.6 Å². The zero-order valence-electron chi connectivity index (χ0n) is 10.5. The van der Waals surface area contributed by atoms with Gasteiger partial charge < -0.3 is 4.90 Å². The number of hydrogen-bond acceptors (Lipinski definition) is 3. The van der Waals surface area contributed by atoms with E-state index in [0.717, 1.165) is 31.5 Å². The highest BCUT2D eigenvalue weighted by molar-refractivity contribution is 5.78. The predicted molar refractivity (Wildman–Crippen MR) is 65.2 cm³/mol. The average Bonchev–Trinajstić information content (AvgIpc) is 2.39. The highest BCUT2D eigenvalue weighted by Gasteiger charge is 2.29. The van der Waals surface area contributed by atoms with Gasteiger partial charge in [-0.1, -0.05) is 13.8 Å². The predicted octanol–water partition coefficient (Wildman–Crippen LogP) is 2.19. The Morgan fingerprint density at radius 3 is 2.88 bits per heavy atom. The maximum absolute atomic E-state index is 12.2. The van der Waals surface area contributed by atoms with Gasteiger partial charge in [-0.15, -0.1) is 0 Å². The van der Waals surface area contributed by atoms with E-state index in [9.17, 15) is 4.79 Å². The summed E-state index contributed by atoms with van der Waals surface area (Å²) in [6, 6.07) is 0.118. The lowest BCUT2D eigenvalue weighted by atomic mass is 9.98. The Balaban J connectivity index is 2.21. The summed E-state index contributed by atoms with van der Waals surface area (Å²) in [7, 11) is 0. The lowest BCUT2D eigenvalue weighted by Gasteiger charge is -2.36. The maximum Gasteiger partial charge on any atom is 0.225 e. The van der Waals surface area contributed by atoms with Gasteiger partial charge in [0, 0.05) is 24.9 Å². The molecular formula is C13H19N3O. The highest BCUT2D eigenvalue weighted by Crippen LogP contribution is 2.30. The SMILES string of the molecule is CC(C)C(=O)N1CCCC[C@@H]1c1cnccn1. The van der Waals surface area contributed by atoms with Crippen LogP contribution in [-0.4, -0.2) is 27.3 Å². The van der Waals surface area contributed by atoms with Crippen LogP contribution in [0, 0.1) is 5.92 Å². The number of amides is 1. The van der Waals surface area contributed by atoms with E-state index in [1.165, 1.54) is 0 Å². The number of rotatable bonds is 2. The fourth-order valence-corrected chi connectivity index (χ4v) is 2.32. The summed E-state index contributed by atoms with van der Waals surface area (Å²) in [6.07, 6.45) is 8.38. The van der Waals surface area contributed by atoms with Crippen LogP contribution in [-0.2, 0) is 4.79 Å². The van der Waals surface area contributed by atoms with E-state index in [1.807, 2.05) is 18.7 Å². The van der Waals surface area contributed by atoms with Crippen LogP contribution in [0.25, 0.3) is 0 Å². The van der Waals surface area contributed by atoms with Gasteiger partial charge in [0.2, 0.25) is 5.91 Å². The summed E-state index contributed by atoms with van der Waals surface area (Å²) in [5.74, 6) is 0.271. The monoisotopic (exact) mass is 233 g/mol. The van der Waals surface area contributed by atoms with E-state index in [2.05, 4.69) is 9.97 Å². The van der Waals surface area contributed by atoms with E-state index in [0.29, 0.717) is 0 Å². The minimum absolute atomic E-state index is 0.0484. The Hall–Kier alpha value is -1.45. The van der Waals surface area contributed by atoms with Gasteiger partial charge >= 0.3 is 0 Å². The second kappa shape index (κ2) is 5.25. The van der Waals surface area contributed by atoms with Gasteiger partial charge in [-0.3, -0.25) is 14.8 Å². The first-order valence-corrected chi connectivity index (χ1v) is 6.26. The van der Waals surface area contributed by atoms with Crippen molar-refractivity contribution in [2.45, 2.75) is 39.2 Å². The van der Waals surface area contributed by atoms with Crippen LogP contribution in [0.2, 0.25) is 0 Å². The van der Waals surface area contributed by atoms with Crippen molar-refractivity contribution < 1.29 is 4.79 Å². The van der Waals surface area contributed by atoms with Crippen LogP contribution in [0.5, 0.6) is 0 Å². The summed E-state index contributed by atoms with van der Waals surface area (Å²) in [5.41, 5.74) is 0.918. The van der Waals surface area contributed by atoms with E-state index in [4.69, 9.17) is 0 Å². The first-order valence-electron chi connectivity index (χ1n) is 6.26. The quantitative estimate of drug-likeness (QED) is 0.786. The summed E-state index contributed by atoms with van der Waals surface area (Å²) >= 11 is 0. The van der Waals surface area contributed by atoms with Crippen molar-refractivity contribution in [1.82, 2.24) is 14.9 Å². The molecule has 92 valence electrons. The second-order valence-corrected chi connectivity index (χ2v) is 4.83. The molecule has 2 rings (SSSR count). The molecule has 1 amide bonds. The van der Waals surface area contributed by atoms with Crippen molar-refractivity contribution in [3.8, 4) is 0 Å².